The summed E-state index contributed by atoms with van der Waals surface area (Å²) in [5, 5.41) is 9.48. The molecule has 0 aliphatic carbocycles. The largest absolute Gasteiger partial charge is 0.478 e. The third-order valence-corrected chi connectivity index (χ3v) is 3.13. The second kappa shape index (κ2) is 4.78. The Balaban J connectivity index is 2.64. The molecule has 0 bridgehead atoms. The fourth-order valence-electron chi connectivity index (χ4n) is 1.79. The molecule has 0 radical (unpaired) electrons. The number of hydrogen-bond donors (Lipinski definition) is 1. The highest BCUT2D eigenvalue weighted by atomic mass is 35.5. The van der Waals surface area contributed by atoms with E-state index in [-0.39, 0.29) is 5.56 Å². The fourth-order valence-corrected chi connectivity index (χ4v) is 1.96. The zero-order valence-electron chi connectivity index (χ0n) is 9.58. The van der Waals surface area contributed by atoms with Crippen LogP contribution in [0.15, 0.2) is 36.4 Å². The molecule has 92 valence electrons. The van der Waals surface area contributed by atoms with E-state index in [1.165, 1.54) is 12.1 Å². The van der Waals surface area contributed by atoms with Gasteiger partial charge >= 0.3 is 5.97 Å². The van der Waals surface area contributed by atoms with Gasteiger partial charge in [0.05, 0.1) is 5.56 Å². The van der Waals surface area contributed by atoms with Crippen LogP contribution in [0, 0.1) is 12.7 Å². The van der Waals surface area contributed by atoms with Gasteiger partial charge in [-0.15, -0.1) is 0 Å². The minimum Gasteiger partial charge on any atom is -0.478 e. The predicted molar refractivity (Wildman–Crippen MR) is 68.5 cm³/mol. The molecule has 0 aliphatic heterocycles. The number of hydrogen-bond acceptors (Lipinski definition) is 1. The van der Waals surface area contributed by atoms with E-state index < -0.39 is 11.8 Å². The summed E-state index contributed by atoms with van der Waals surface area (Å²) in [6.07, 6.45) is 0. The van der Waals surface area contributed by atoms with Crippen LogP contribution in [-0.4, -0.2) is 11.1 Å². The van der Waals surface area contributed by atoms with Crippen LogP contribution in [0.2, 0.25) is 5.02 Å². The maximum atomic E-state index is 13.4. The second-order valence-electron chi connectivity index (χ2n) is 3.95. The van der Waals surface area contributed by atoms with Gasteiger partial charge < -0.3 is 5.11 Å². The van der Waals surface area contributed by atoms with E-state index in [1.807, 2.05) is 6.92 Å². The molecule has 0 saturated heterocycles. The summed E-state index contributed by atoms with van der Waals surface area (Å²) >= 11 is 6.00. The summed E-state index contributed by atoms with van der Waals surface area (Å²) < 4.78 is 13.4. The molecule has 0 unspecified atom stereocenters. The van der Waals surface area contributed by atoms with Crippen molar-refractivity contribution in [3.63, 3.8) is 0 Å². The van der Waals surface area contributed by atoms with Crippen molar-refractivity contribution in [1.82, 2.24) is 0 Å². The Bertz CT molecular complexity index is 623. The first-order chi connectivity index (χ1) is 8.49. The first-order valence-corrected chi connectivity index (χ1v) is 5.66. The Hall–Kier alpha value is -1.87. The lowest BCUT2D eigenvalue weighted by Crippen LogP contribution is -1.98. The Morgan fingerprint density at radius 1 is 1.28 bits per heavy atom. The third kappa shape index (κ3) is 2.36. The lowest BCUT2D eigenvalue weighted by Gasteiger charge is -2.08. The molecule has 2 rings (SSSR count). The molecule has 0 aliphatic rings. The maximum Gasteiger partial charge on any atom is 0.335 e. The van der Waals surface area contributed by atoms with Gasteiger partial charge in [-0.25, -0.2) is 9.18 Å². The number of halogens is 2. The number of carbonyl (C=O) groups is 1. The van der Waals surface area contributed by atoms with Gasteiger partial charge in [-0.05, 0) is 47.9 Å². The molecule has 0 aromatic heterocycles. The first kappa shape index (κ1) is 12.6. The number of carboxylic acids is 1. The van der Waals surface area contributed by atoms with E-state index in [0.29, 0.717) is 10.6 Å². The zero-order valence-corrected chi connectivity index (χ0v) is 10.3. The average Bonchev–Trinajstić information content (AvgIpc) is 2.31. The molecule has 1 N–H and O–H groups in total. The maximum absolute atomic E-state index is 13.4. The number of aromatic carboxylic acids is 1. The molecule has 2 aromatic carbocycles. The van der Waals surface area contributed by atoms with Crippen molar-refractivity contribution in [2.75, 3.05) is 0 Å². The van der Waals surface area contributed by atoms with Gasteiger partial charge in [-0.1, -0.05) is 23.7 Å². The number of rotatable bonds is 2. The van der Waals surface area contributed by atoms with E-state index in [4.69, 9.17) is 16.7 Å². The van der Waals surface area contributed by atoms with E-state index in [1.54, 1.807) is 18.2 Å². The summed E-state index contributed by atoms with van der Waals surface area (Å²) in [6.45, 7) is 1.81. The van der Waals surface area contributed by atoms with Gasteiger partial charge in [-0.2, -0.15) is 0 Å². The molecule has 0 amide bonds. The average molecular weight is 265 g/mol. The Labute approximate surface area is 109 Å². The van der Waals surface area contributed by atoms with Crippen molar-refractivity contribution < 1.29 is 14.3 Å². The van der Waals surface area contributed by atoms with E-state index in [9.17, 15) is 9.18 Å². The van der Waals surface area contributed by atoms with Crippen LogP contribution in [0.4, 0.5) is 4.39 Å². The van der Waals surface area contributed by atoms with E-state index >= 15 is 0 Å². The molecule has 0 heterocycles. The summed E-state index contributed by atoms with van der Waals surface area (Å²) in [5.41, 5.74) is 1.95. The first-order valence-electron chi connectivity index (χ1n) is 5.28. The van der Waals surface area contributed by atoms with Crippen molar-refractivity contribution in [3.05, 3.63) is 58.4 Å². The summed E-state index contributed by atoms with van der Waals surface area (Å²) in [7, 11) is 0. The van der Waals surface area contributed by atoms with Gasteiger partial charge in [0, 0.05) is 5.02 Å². The zero-order chi connectivity index (χ0) is 13.3. The van der Waals surface area contributed by atoms with Crippen LogP contribution in [0.25, 0.3) is 11.1 Å². The number of carboxylic acid groups (broad SMARTS) is 1. The van der Waals surface area contributed by atoms with Gasteiger partial charge in [0.15, 0.2) is 0 Å². The Morgan fingerprint density at radius 2 is 2.00 bits per heavy atom. The fraction of sp³-hybridized carbons (Fsp3) is 0.0714. The van der Waals surface area contributed by atoms with Gasteiger partial charge in [0.25, 0.3) is 0 Å². The summed E-state index contributed by atoms with van der Waals surface area (Å²) in [6, 6.07) is 8.98. The van der Waals surface area contributed by atoms with Crippen LogP contribution in [0.1, 0.15) is 15.9 Å². The molecule has 0 spiro atoms. The van der Waals surface area contributed by atoms with Gasteiger partial charge in [0.1, 0.15) is 5.82 Å². The Morgan fingerprint density at radius 3 is 2.67 bits per heavy atom. The normalized spacial score (nSPS) is 10.4. The van der Waals surface area contributed by atoms with Crippen LogP contribution in [0.3, 0.4) is 0 Å². The van der Waals surface area contributed by atoms with Gasteiger partial charge in [-0.3, -0.25) is 0 Å². The van der Waals surface area contributed by atoms with Crippen molar-refractivity contribution in [2.45, 2.75) is 6.92 Å². The van der Waals surface area contributed by atoms with Crippen molar-refractivity contribution in [1.29, 1.82) is 0 Å². The standard InChI is InChI=1S/C14H10ClFO2/c1-8-12(3-2-4-13(8)15)9-5-10(14(17)18)7-11(16)6-9/h2-7H,1H3,(H,17,18). The highest BCUT2D eigenvalue weighted by molar-refractivity contribution is 6.31. The summed E-state index contributed by atoms with van der Waals surface area (Å²) in [4.78, 5) is 10.9. The van der Waals surface area contributed by atoms with Gasteiger partial charge in [0.2, 0.25) is 0 Å². The molecule has 2 aromatic rings. The SMILES string of the molecule is Cc1c(Cl)cccc1-c1cc(F)cc(C(=O)O)c1. The molecule has 4 heteroatoms. The van der Waals surface area contributed by atoms with Crippen LogP contribution < -0.4 is 0 Å². The lowest BCUT2D eigenvalue weighted by atomic mass is 9.98. The molecule has 2 nitrogen and oxygen atoms in total. The van der Waals surface area contributed by atoms with Crippen molar-refractivity contribution in [2.24, 2.45) is 0 Å². The van der Waals surface area contributed by atoms with E-state index in [0.717, 1.165) is 17.2 Å². The molecule has 0 saturated carbocycles. The molecule has 0 atom stereocenters. The third-order valence-electron chi connectivity index (χ3n) is 2.72. The molecular weight excluding hydrogens is 255 g/mol. The topological polar surface area (TPSA) is 37.3 Å². The van der Waals surface area contributed by atoms with Crippen molar-refractivity contribution >= 4 is 17.6 Å². The minimum absolute atomic E-state index is 0.0793. The Kier molecular flexibility index (Phi) is 3.34. The minimum atomic E-state index is -1.16. The monoisotopic (exact) mass is 264 g/mol. The molecule has 0 fully saturated rings. The van der Waals surface area contributed by atoms with E-state index in [2.05, 4.69) is 0 Å². The molecular formula is C14H10ClFO2. The summed E-state index contributed by atoms with van der Waals surface area (Å²) in [5.74, 6) is -1.74. The quantitative estimate of drug-likeness (QED) is 0.885. The second-order valence-corrected chi connectivity index (χ2v) is 4.35. The highest BCUT2D eigenvalue weighted by Gasteiger charge is 2.10. The highest BCUT2D eigenvalue weighted by Crippen LogP contribution is 2.29. The van der Waals surface area contributed by atoms with Crippen LogP contribution in [-0.2, 0) is 0 Å². The smallest absolute Gasteiger partial charge is 0.335 e. The lowest BCUT2D eigenvalue weighted by molar-refractivity contribution is 0.0696. The molecule has 18 heavy (non-hydrogen) atoms. The predicted octanol–water partition coefficient (Wildman–Crippen LogP) is 4.15. The number of benzene rings is 2. The van der Waals surface area contributed by atoms with Crippen LogP contribution in [0.5, 0.6) is 0 Å². The van der Waals surface area contributed by atoms with Crippen molar-refractivity contribution in [3.8, 4) is 11.1 Å². The van der Waals surface area contributed by atoms with Crippen LogP contribution >= 0.6 is 11.6 Å².